The quantitative estimate of drug-likeness (QED) is 0.363. The molecule has 4 nitrogen and oxygen atoms in total. The molecular weight excluding hydrogens is 496 g/mol. The highest BCUT2D eigenvalue weighted by Crippen LogP contribution is 2.32. The van der Waals surface area contributed by atoms with Crippen LogP contribution in [0.1, 0.15) is 38.5 Å². The predicted molar refractivity (Wildman–Crippen MR) is 147 cm³/mol. The van der Waals surface area contributed by atoms with E-state index in [0.717, 1.165) is 42.7 Å². The fourth-order valence-corrected chi connectivity index (χ4v) is 5.88. The number of halogens is 3. The van der Waals surface area contributed by atoms with Gasteiger partial charge in [0.1, 0.15) is 5.82 Å². The average molecular weight is 526 g/mol. The third-order valence-electron chi connectivity index (χ3n) is 7.40. The minimum Gasteiger partial charge on any atom is -0.307 e. The molecule has 0 spiro atoms. The van der Waals surface area contributed by atoms with Crippen LogP contribution in [0.3, 0.4) is 0 Å². The van der Waals surface area contributed by atoms with Crippen LogP contribution in [0, 0.1) is 5.82 Å². The number of benzene rings is 3. The molecule has 1 aliphatic heterocycles. The van der Waals surface area contributed by atoms with Gasteiger partial charge in [0.15, 0.2) is 0 Å². The molecule has 2 aliphatic rings. The Kier molecular flexibility index (Phi) is 7.80. The van der Waals surface area contributed by atoms with Crippen LogP contribution in [0.5, 0.6) is 0 Å². The number of piperidine rings is 1. The Morgan fingerprint density at radius 2 is 1.61 bits per heavy atom. The minimum atomic E-state index is -0.512. The molecule has 1 saturated carbocycles. The Balaban J connectivity index is 1.38. The van der Waals surface area contributed by atoms with Crippen molar-refractivity contribution in [2.45, 2.75) is 50.6 Å². The summed E-state index contributed by atoms with van der Waals surface area (Å²) in [6.07, 6.45) is 7.02. The summed E-state index contributed by atoms with van der Waals surface area (Å²) < 4.78 is 13.6. The van der Waals surface area contributed by atoms with Gasteiger partial charge in [-0.25, -0.2) is 9.18 Å². The summed E-state index contributed by atoms with van der Waals surface area (Å²) in [6.45, 7) is 1.98. The van der Waals surface area contributed by atoms with Crippen LogP contribution < -0.4 is 10.2 Å². The van der Waals surface area contributed by atoms with E-state index in [9.17, 15) is 9.18 Å². The van der Waals surface area contributed by atoms with E-state index in [4.69, 9.17) is 23.2 Å². The molecule has 0 atom stereocenters. The highest BCUT2D eigenvalue weighted by atomic mass is 35.5. The fraction of sp³-hybridized carbons (Fsp3) is 0.345. The Bertz CT molecular complexity index is 1210. The van der Waals surface area contributed by atoms with Gasteiger partial charge in [0, 0.05) is 41.6 Å². The first kappa shape index (κ1) is 25.1. The lowest BCUT2D eigenvalue weighted by atomic mass is 9.99. The van der Waals surface area contributed by atoms with E-state index in [2.05, 4.69) is 10.2 Å². The van der Waals surface area contributed by atoms with Crippen molar-refractivity contribution in [1.82, 2.24) is 4.90 Å². The maximum absolute atomic E-state index is 13.6. The molecule has 0 unspecified atom stereocenters. The van der Waals surface area contributed by atoms with Crippen molar-refractivity contribution in [1.29, 1.82) is 0 Å². The van der Waals surface area contributed by atoms with Gasteiger partial charge in [-0.3, -0.25) is 4.90 Å². The lowest BCUT2D eigenvalue weighted by molar-refractivity contribution is 0.153. The van der Waals surface area contributed by atoms with E-state index in [1.165, 1.54) is 43.9 Å². The molecule has 0 aromatic heterocycles. The van der Waals surface area contributed by atoms with Crippen LogP contribution in [0.25, 0.3) is 11.1 Å². The number of anilines is 2. The lowest BCUT2D eigenvalue weighted by Crippen LogP contribution is -2.50. The van der Waals surface area contributed by atoms with E-state index in [1.54, 1.807) is 0 Å². The molecule has 1 heterocycles. The number of nitrogens with zero attached hydrogens (tertiary/aromatic N) is 2. The zero-order valence-corrected chi connectivity index (χ0v) is 21.6. The maximum Gasteiger partial charge on any atom is 0.326 e. The largest absolute Gasteiger partial charge is 0.326 e. The Morgan fingerprint density at radius 1 is 0.889 bits per heavy atom. The number of hydrogen-bond acceptors (Lipinski definition) is 2. The number of carbonyl (C=O) groups excluding carboxylic acids is 1. The van der Waals surface area contributed by atoms with Crippen molar-refractivity contribution in [3.8, 4) is 11.1 Å². The lowest BCUT2D eigenvalue weighted by Gasteiger charge is -2.40. The summed E-state index contributed by atoms with van der Waals surface area (Å²) >= 11 is 12.1. The minimum absolute atomic E-state index is 0.0184. The van der Waals surface area contributed by atoms with E-state index < -0.39 is 5.82 Å². The summed E-state index contributed by atoms with van der Waals surface area (Å²) in [6, 6.07) is 20.5. The normalized spacial score (nSPS) is 17.3. The SMILES string of the molecule is O=C(Nc1ccc(F)c(Cl)c1)N(c1ccc(-c2cccc(Cl)c2)cc1)C1CCN(C2CCCC2)CC1. The third-order valence-corrected chi connectivity index (χ3v) is 7.92. The average Bonchev–Trinajstić information content (AvgIpc) is 3.42. The van der Waals surface area contributed by atoms with Crippen LogP contribution in [-0.2, 0) is 0 Å². The van der Waals surface area contributed by atoms with Crippen LogP contribution in [-0.4, -0.2) is 36.1 Å². The molecule has 1 N–H and O–H groups in total. The summed E-state index contributed by atoms with van der Waals surface area (Å²) in [5, 5.41) is 3.60. The van der Waals surface area contributed by atoms with Gasteiger partial charge in [-0.1, -0.05) is 60.3 Å². The van der Waals surface area contributed by atoms with E-state index >= 15 is 0 Å². The highest BCUT2D eigenvalue weighted by molar-refractivity contribution is 6.31. The first-order chi connectivity index (χ1) is 17.5. The van der Waals surface area contributed by atoms with Crippen molar-refractivity contribution in [3.63, 3.8) is 0 Å². The number of urea groups is 1. The zero-order chi connectivity index (χ0) is 25.1. The van der Waals surface area contributed by atoms with Gasteiger partial charge in [0.05, 0.1) is 5.02 Å². The molecule has 0 bridgehead atoms. The molecule has 3 aromatic rings. The second-order valence-electron chi connectivity index (χ2n) is 9.69. The van der Waals surface area contributed by atoms with Gasteiger partial charge in [-0.15, -0.1) is 0 Å². The van der Waals surface area contributed by atoms with Gasteiger partial charge in [0.25, 0.3) is 0 Å². The van der Waals surface area contributed by atoms with Crippen molar-refractivity contribution in [2.24, 2.45) is 0 Å². The maximum atomic E-state index is 13.6. The van der Waals surface area contributed by atoms with Gasteiger partial charge in [-0.2, -0.15) is 0 Å². The molecule has 1 saturated heterocycles. The highest BCUT2D eigenvalue weighted by Gasteiger charge is 2.32. The van der Waals surface area contributed by atoms with Gasteiger partial charge >= 0.3 is 6.03 Å². The molecule has 5 rings (SSSR count). The summed E-state index contributed by atoms with van der Waals surface area (Å²) in [4.78, 5) is 18.0. The summed E-state index contributed by atoms with van der Waals surface area (Å²) in [7, 11) is 0. The molecule has 188 valence electrons. The number of nitrogens with one attached hydrogen (secondary N) is 1. The van der Waals surface area contributed by atoms with Crippen LogP contribution >= 0.6 is 23.2 Å². The van der Waals surface area contributed by atoms with Gasteiger partial charge in [0.2, 0.25) is 0 Å². The third kappa shape index (κ3) is 5.69. The molecule has 2 fully saturated rings. The monoisotopic (exact) mass is 525 g/mol. The molecule has 1 aliphatic carbocycles. The molecular formula is C29H30Cl2FN3O. The van der Waals surface area contributed by atoms with Crippen LogP contribution in [0.4, 0.5) is 20.6 Å². The molecule has 7 heteroatoms. The molecule has 36 heavy (non-hydrogen) atoms. The van der Waals surface area contributed by atoms with Crippen LogP contribution in [0.2, 0.25) is 10.0 Å². The second-order valence-corrected chi connectivity index (χ2v) is 10.5. The second kappa shape index (κ2) is 11.2. The number of likely N-dealkylation sites (tertiary alicyclic amines) is 1. The molecule has 0 radical (unpaired) electrons. The standard InChI is InChI=1S/C29H30Cl2FN3O/c30-22-5-3-4-21(18-22)20-8-11-25(12-9-20)35(29(36)33-23-10-13-28(32)27(31)19-23)26-14-16-34(17-15-26)24-6-1-2-7-24/h3-5,8-13,18-19,24,26H,1-2,6-7,14-17H2,(H,33,36). The van der Waals surface area contributed by atoms with E-state index in [0.29, 0.717) is 16.8 Å². The Labute approximate surface area is 222 Å². The van der Waals surface area contributed by atoms with Gasteiger partial charge < -0.3 is 10.2 Å². The first-order valence-electron chi connectivity index (χ1n) is 12.6. The fourth-order valence-electron chi connectivity index (χ4n) is 5.51. The number of amides is 2. The number of hydrogen-bond donors (Lipinski definition) is 1. The molecule has 2 amide bonds. The number of rotatable bonds is 5. The first-order valence-corrected chi connectivity index (χ1v) is 13.4. The topological polar surface area (TPSA) is 35.6 Å². The van der Waals surface area contributed by atoms with E-state index in [-0.39, 0.29) is 17.1 Å². The summed E-state index contributed by atoms with van der Waals surface area (Å²) in [5.41, 5.74) is 3.35. The number of carbonyl (C=O) groups is 1. The van der Waals surface area contributed by atoms with E-state index in [1.807, 2.05) is 53.4 Å². The van der Waals surface area contributed by atoms with Crippen molar-refractivity contribution in [3.05, 3.63) is 82.6 Å². The van der Waals surface area contributed by atoms with Crippen molar-refractivity contribution >= 4 is 40.6 Å². The smallest absolute Gasteiger partial charge is 0.307 e. The molecule has 3 aromatic carbocycles. The summed E-state index contributed by atoms with van der Waals surface area (Å²) in [5.74, 6) is -0.512. The van der Waals surface area contributed by atoms with Crippen LogP contribution in [0.15, 0.2) is 66.7 Å². The predicted octanol–water partition coefficient (Wildman–Crippen LogP) is 8.25. The Morgan fingerprint density at radius 3 is 2.28 bits per heavy atom. The zero-order valence-electron chi connectivity index (χ0n) is 20.1. The van der Waals surface area contributed by atoms with Gasteiger partial charge in [-0.05, 0) is 79.3 Å². The van der Waals surface area contributed by atoms with Crippen molar-refractivity contribution < 1.29 is 9.18 Å². The van der Waals surface area contributed by atoms with Crippen molar-refractivity contribution in [2.75, 3.05) is 23.3 Å². The Hall–Kier alpha value is -2.60.